The Morgan fingerprint density at radius 3 is 2.93 bits per heavy atom. The Balaban J connectivity index is 2.35. The quantitative estimate of drug-likeness (QED) is 0.733. The van der Waals surface area contributed by atoms with E-state index >= 15 is 0 Å². The van der Waals surface area contributed by atoms with Crippen LogP contribution in [0.25, 0.3) is 0 Å². The van der Waals surface area contributed by atoms with Gasteiger partial charge in [-0.05, 0) is 26.1 Å². The van der Waals surface area contributed by atoms with Crippen LogP contribution in [-0.4, -0.2) is 29.5 Å². The zero-order valence-corrected chi connectivity index (χ0v) is 9.35. The van der Waals surface area contributed by atoms with Crippen molar-refractivity contribution < 1.29 is 0 Å². The molecule has 1 atom stereocenters. The van der Waals surface area contributed by atoms with Crippen molar-refractivity contribution in [2.24, 2.45) is 0 Å². The van der Waals surface area contributed by atoms with Crippen molar-refractivity contribution in [3.8, 4) is 6.07 Å². The molecular weight excluding hydrogens is 186 g/mol. The molecule has 0 saturated heterocycles. The minimum atomic E-state index is 0.318. The van der Waals surface area contributed by atoms with Gasteiger partial charge in [-0.15, -0.1) is 0 Å². The third-order valence-electron chi connectivity index (χ3n) is 2.59. The summed E-state index contributed by atoms with van der Waals surface area (Å²) in [6.07, 6.45) is 3.33. The number of likely N-dealkylation sites (N-methyl/N-ethyl adjacent to an activating group) is 1. The predicted molar refractivity (Wildman–Crippen MR) is 60.3 cm³/mol. The zero-order chi connectivity index (χ0) is 11.1. The maximum atomic E-state index is 8.58. The molecular formula is C12H17N3. The van der Waals surface area contributed by atoms with E-state index in [0.717, 1.165) is 18.7 Å². The maximum Gasteiger partial charge on any atom is 0.0638 e. The molecule has 0 saturated carbocycles. The summed E-state index contributed by atoms with van der Waals surface area (Å²) in [6.45, 7) is 3.02. The van der Waals surface area contributed by atoms with Crippen LogP contribution in [-0.2, 0) is 6.42 Å². The molecule has 1 heterocycles. The van der Waals surface area contributed by atoms with Gasteiger partial charge in [-0.1, -0.05) is 6.07 Å². The molecule has 0 aliphatic carbocycles. The van der Waals surface area contributed by atoms with Crippen LogP contribution in [0.2, 0.25) is 0 Å². The molecule has 1 aromatic rings. The van der Waals surface area contributed by atoms with E-state index in [1.54, 1.807) is 0 Å². The minimum absolute atomic E-state index is 0.318. The van der Waals surface area contributed by atoms with Crippen molar-refractivity contribution in [2.45, 2.75) is 25.8 Å². The normalized spacial score (nSPS) is 12.4. The molecule has 0 spiro atoms. The van der Waals surface area contributed by atoms with Crippen molar-refractivity contribution in [2.75, 3.05) is 13.6 Å². The summed E-state index contributed by atoms with van der Waals surface area (Å²) in [5.41, 5.74) is 1.11. The highest BCUT2D eigenvalue weighted by molar-refractivity contribution is 5.03. The van der Waals surface area contributed by atoms with Gasteiger partial charge in [-0.2, -0.15) is 5.26 Å². The summed E-state index contributed by atoms with van der Waals surface area (Å²) in [6, 6.07) is 8.46. The van der Waals surface area contributed by atoms with Crippen LogP contribution in [0, 0.1) is 11.3 Å². The van der Waals surface area contributed by atoms with Crippen LogP contribution in [0.4, 0.5) is 0 Å². The molecule has 0 amide bonds. The second-order valence-corrected chi connectivity index (χ2v) is 3.76. The summed E-state index contributed by atoms with van der Waals surface area (Å²) in [7, 11) is 2.05. The summed E-state index contributed by atoms with van der Waals surface area (Å²) in [5.74, 6) is 0. The third kappa shape index (κ3) is 4.09. The molecule has 1 unspecified atom stereocenters. The topological polar surface area (TPSA) is 39.9 Å². The highest BCUT2D eigenvalue weighted by Gasteiger charge is 2.08. The number of nitriles is 1. The number of hydrogen-bond donors (Lipinski definition) is 0. The maximum absolute atomic E-state index is 8.58. The summed E-state index contributed by atoms with van der Waals surface area (Å²) >= 11 is 0. The van der Waals surface area contributed by atoms with Crippen LogP contribution >= 0.6 is 0 Å². The molecule has 0 bridgehead atoms. The first-order valence-electron chi connectivity index (χ1n) is 5.21. The number of nitrogens with zero attached hydrogens (tertiary/aromatic N) is 3. The van der Waals surface area contributed by atoms with E-state index in [1.165, 1.54) is 0 Å². The molecule has 3 heteroatoms. The van der Waals surface area contributed by atoms with Gasteiger partial charge in [0.2, 0.25) is 0 Å². The number of hydrogen-bond acceptors (Lipinski definition) is 3. The van der Waals surface area contributed by atoms with Gasteiger partial charge >= 0.3 is 0 Å². The highest BCUT2D eigenvalue weighted by atomic mass is 15.1. The Bertz CT molecular complexity index is 315. The third-order valence-corrected chi connectivity index (χ3v) is 2.59. The first-order valence-corrected chi connectivity index (χ1v) is 5.21. The zero-order valence-electron chi connectivity index (χ0n) is 9.35. The average molecular weight is 203 g/mol. The van der Waals surface area contributed by atoms with Gasteiger partial charge in [-0.25, -0.2) is 0 Å². The van der Waals surface area contributed by atoms with Crippen LogP contribution < -0.4 is 0 Å². The fourth-order valence-electron chi connectivity index (χ4n) is 1.35. The predicted octanol–water partition coefficient (Wildman–Crippen LogP) is 1.86. The lowest BCUT2D eigenvalue weighted by molar-refractivity contribution is 0.263. The van der Waals surface area contributed by atoms with Crippen molar-refractivity contribution in [3.63, 3.8) is 0 Å². The van der Waals surface area contributed by atoms with E-state index in [4.69, 9.17) is 5.26 Å². The Labute approximate surface area is 91.4 Å². The molecule has 0 aliphatic heterocycles. The lowest BCUT2D eigenvalue weighted by Gasteiger charge is -2.22. The second-order valence-electron chi connectivity index (χ2n) is 3.76. The standard InChI is InChI=1S/C12H17N3/c1-11(6-8-13)15(2)10-7-12-5-3-4-9-14-12/h3-5,9,11H,6-7,10H2,1-2H3. The summed E-state index contributed by atoms with van der Waals surface area (Å²) in [5, 5.41) is 8.58. The van der Waals surface area contributed by atoms with Crippen LogP contribution in [0.15, 0.2) is 24.4 Å². The Kier molecular flexibility index (Phi) is 4.79. The van der Waals surface area contributed by atoms with Gasteiger partial charge in [0.25, 0.3) is 0 Å². The van der Waals surface area contributed by atoms with Crippen LogP contribution in [0.1, 0.15) is 19.0 Å². The Morgan fingerprint density at radius 1 is 1.53 bits per heavy atom. The fourth-order valence-corrected chi connectivity index (χ4v) is 1.35. The molecule has 0 radical (unpaired) electrons. The molecule has 15 heavy (non-hydrogen) atoms. The van der Waals surface area contributed by atoms with Gasteiger partial charge in [-0.3, -0.25) is 4.98 Å². The van der Waals surface area contributed by atoms with E-state index in [-0.39, 0.29) is 0 Å². The largest absolute Gasteiger partial charge is 0.302 e. The lowest BCUT2D eigenvalue weighted by atomic mass is 10.2. The molecule has 3 nitrogen and oxygen atoms in total. The first kappa shape index (κ1) is 11.7. The first-order chi connectivity index (χ1) is 7.24. The van der Waals surface area contributed by atoms with Gasteiger partial charge in [0, 0.05) is 30.9 Å². The Hall–Kier alpha value is -1.40. The van der Waals surface area contributed by atoms with Crippen molar-refractivity contribution >= 4 is 0 Å². The van der Waals surface area contributed by atoms with Crippen molar-refractivity contribution in [1.29, 1.82) is 5.26 Å². The highest BCUT2D eigenvalue weighted by Crippen LogP contribution is 2.02. The van der Waals surface area contributed by atoms with E-state index in [2.05, 4.69) is 22.9 Å². The van der Waals surface area contributed by atoms with E-state index in [0.29, 0.717) is 12.5 Å². The Morgan fingerprint density at radius 2 is 2.33 bits per heavy atom. The molecule has 0 aliphatic rings. The smallest absolute Gasteiger partial charge is 0.0638 e. The van der Waals surface area contributed by atoms with E-state index < -0.39 is 0 Å². The molecule has 0 fully saturated rings. The van der Waals surface area contributed by atoms with Crippen LogP contribution in [0.5, 0.6) is 0 Å². The van der Waals surface area contributed by atoms with Gasteiger partial charge in [0.1, 0.15) is 0 Å². The molecule has 0 aromatic carbocycles. The molecule has 80 valence electrons. The lowest BCUT2D eigenvalue weighted by Crippen LogP contribution is -2.30. The number of aromatic nitrogens is 1. The number of pyridine rings is 1. The fraction of sp³-hybridized carbons (Fsp3) is 0.500. The summed E-state index contributed by atoms with van der Waals surface area (Å²) in [4.78, 5) is 6.46. The SMILES string of the molecule is CC(CC#N)N(C)CCc1ccccn1. The summed E-state index contributed by atoms with van der Waals surface area (Å²) < 4.78 is 0. The number of rotatable bonds is 5. The monoisotopic (exact) mass is 203 g/mol. The van der Waals surface area contributed by atoms with Gasteiger partial charge < -0.3 is 4.90 Å². The van der Waals surface area contributed by atoms with Gasteiger partial charge in [0.05, 0.1) is 12.5 Å². The molecule has 1 rings (SSSR count). The van der Waals surface area contributed by atoms with Crippen molar-refractivity contribution in [3.05, 3.63) is 30.1 Å². The van der Waals surface area contributed by atoms with Crippen molar-refractivity contribution in [1.82, 2.24) is 9.88 Å². The molecule has 0 N–H and O–H groups in total. The van der Waals surface area contributed by atoms with Crippen LogP contribution in [0.3, 0.4) is 0 Å². The van der Waals surface area contributed by atoms with E-state index in [1.807, 2.05) is 31.4 Å². The van der Waals surface area contributed by atoms with Gasteiger partial charge in [0.15, 0.2) is 0 Å². The average Bonchev–Trinajstić information content (AvgIpc) is 2.27. The minimum Gasteiger partial charge on any atom is -0.302 e. The van der Waals surface area contributed by atoms with E-state index in [9.17, 15) is 0 Å². The molecule has 1 aromatic heterocycles. The second kappa shape index (κ2) is 6.15.